The van der Waals surface area contributed by atoms with Gasteiger partial charge >= 0.3 is 0 Å². The molecule has 0 saturated carbocycles. The van der Waals surface area contributed by atoms with Crippen LogP contribution in [0.4, 0.5) is 0 Å². The van der Waals surface area contributed by atoms with Crippen molar-refractivity contribution >= 4 is 8.32 Å². The molecule has 29 heavy (non-hydrogen) atoms. The smallest absolute Gasteiger partial charge is 0.186 e. The highest BCUT2D eigenvalue weighted by Gasteiger charge is 2.20. The third-order valence-corrected chi connectivity index (χ3v) is 8.94. The molecule has 1 fully saturated rings. The molecule has 0 N–H and O–H groups in total. The molecular weight excluding hydrogens is 374 g/mol. The van der Waals surface area contributed by atoms with Crippen LogP contribution in [0.2, 0.25) is 19.1 Å². The zero-order chi connectivity index (χ0) is 21.4. The fourth-order valence-corrected chi connectivity index (χ4v) is 6.57. The van der Waals surface area contributed by atoms with Gasteiger partial charge in [0.05, 0.1) is 0 Å². The van der Waals surface area contributed by atoms with E-state index < -0.39 is 8.32 Å². The van der Waals surface area contributed by atoms with Gasteiger partial charge in [0.1, 0.15) is 0 Å². The Kier molecular flexibility index (Phi) is 15.6. The number of hydrogen-bond acceptors (Lipinski definition) is 4. The van der Waals surface area contributed by atoms with E-state index in [1.807, 2.05) is 0 Å². The second-order valence-corrected chi connectivity index (χ2v) is 13.9. The Morgan fingerprint density at radius 2 is 1.21 bits per heavy atom. The van der Waals surface area contributed by atoms with Gasteiger partial charge in [-0.15, -0.1) is 0 Å². The average Bonchev–Trinajstić information content (AvgIpc) is 2.69. The van der Waals surface area contributed by atoms with Crippen molar-refractivity contribution < 1.29 is 4.43 Å². The summed E-state index contributed by atoms with van der Waals surface area (Å²) in [7, 11) is -1.34. The maximum absolute atomic E-state index is 5.93. The summed E-state index contributed by atoms with van der Waals surface area (Å²) >= 11 is 0. The van der Waals surface area contributed by atoms with E-state index in [4.69, 9.17) is 4.43 Å². The van der Waals surface area contributed by atoms with Crippen LogP contribution in [0, 0.1) is 0 Å². The van der Waals surface area contributed by atoms with E-state index in [1.54, 1.807) is 0 Å². The predicted octanol–water partition coefficient (Wildman–Crippen LogP) is 5.31. The van der Waals surface area contributed by atoms with Crippen molar-refractivity contribution in [2.45, 2.75) is 91.3 Å². The van der Waals surface area contributed by atoms with Gasteiger partial charge in [0.2, 0.25) is 0 Å². The molecule has 0 aliphatic carbocycles. The van der Waals surface area contributed by atoms with E-state index in [2.05, 4.69) is 48.6 Å². The molecule has 0 amide bonds. The molecule has 0 aromatic carbocycles. The summed E-state index contributed by atoms with van der Waals surface area (Å²) in [5.74, 6) is 0. The lowest BCUT2D eigenvalue weighted by Crippen LogP contribution is -2.48. The Morgan fingerprint density at radius 1 is 0.690 bits per heavy atom. The molecule has 1 saturated heterocycles. The van der Waals surface area contributed by atoms with E-state index in [9.17, 15) is 0 Å². The van der Waals surface area contributed by atoms with Gasteiger partial charge in [0.25, 0.3) is 0 Å². The van der Waals surface area contributed by atoms with Crippen molar-refractivity contribution in [3.05, 3.63) is 0 Å². The zero-order valence-corrected chi connectivity index (χ0v) is 21.7. The van der Waals surface area contributed by atoms with Gasteiger partial charge in [-0.1, -0.05) is 46.0 Å². The van der Waals surface area contributed by atoms with Crippen LogP contribution in [0.3, 0.4) is 0 Å². The molecule has 0 atom stereocenters. The van der Waals surface area contributed by atoms with Crippen LogP contribution >= 0.6 is 0 Å². The van der Waals surface area contributed by atoms with Crippen molar-refractivity contribution in [1.82, 2.24) is 14.7 Å². The largest absolute Gasteiger partial charge is 0.418 e. The third-order valence-electron chi connectivity index (χ3n) is 6.32. The van der Waals surface area contributed by atoms with Crippen molar-refractivity contribution in [3.8, 4) is 0 Å². The number of hydrogen-bond donors (Lipinski definition) is 0. The van der Waals surface area contributed by atoms with Crippen molar-refractivity contribution in [3.63, 3.8) is 0 Å². The number of unbranched alkanes of at least 4 members (excludes halogenated alkanes) is 5. The Hall–Kier alpha value is 0.0569. The first-order valence-electron chi connectivity index (χ1n) is 12.8. The molecule has 1 rings (SSSR count). The molecule has 5 heteroatoms. The molecule has 0 bridgehead atoms. The minimum Gasteiger partial charge on any atom is -0.418 e. The van der Waals surface area contributed by atoms with Gasteiger partial charge in [-0.2, -0.15) is 0 Å². The molecule has 0 aromatic rings. The van der Waals surface area contributed by atoms with Crippen LogP contribution in [-0.2, 0) is 4.43 Å². The molecule has 1 heterocycles. The van der Waals surface area contributed by atoms with Crippen LogP contribution in [0.25, 0.3) is 0 Å². The van der Waals surface area contributed by atoms with Crippen LogP contribution in [0.1, 0.15) is 72.1 Å². The fraction of sp³-hybridized carbons (Fsp3) is 1.00. The Labute approximate surface area is 184 Å². The number of rotatable bonds is 18. The summed E-state index contributed by atoms with van der Waals surface area (Å²) in [6.45, 7) is 23.8. The Bertz CT molecular complexity index is 367. The van der Waals surface area contributed by atoms with E-state index in [0.717, 1.165) is 6.61 Å². The van der Waals surface area contributed by atoms with Crippen molar-refractivity contribution in [1.29, 1.82) is 0 Å². The summed E-state index contributed by atoms with van der Waals surface area (Å²) in [4.78, 5) is 8.02. The van der Waals surface area contributed by atoms with Crippen molar-refractivity contribution in [2.24, 2.45) is 0 Å². The SMILES string of the molecule is CCCN(CCC)CCN1CCN(CCCCCCCC[Si](C)(C)OCC)CC1. The average molecular weight is 428 g/mol. The molecule has 0 aromatic heterocycles. The third kappa shape index (κ3) is 13.9. The summed E-state index contributed by atoms with van der Waals surface area (Å²) < 4.78 is 5.93. The summed E-state index contributed by atoms with van der Waals surface area (Å²) in [5, 5.41) is 0. The molecule has 1 aliphatic rings. The van der Waals surface area contributed by atoms with E-state index in [0.29, 0.717) is 0 Å². The molecule has 1 aliphatic heterocycles. The first kappa shape index (κ1) is 27.1. The van der Waals surface area contributed by atoms with Gasteiger partial charge < -0.3 is 14.2 Å². The highest BCUT2D eigenvalue weighted by molar-refractivity contribution is 6.71. The minimum atomic E-state index is -1.34. The second kappa shape index (κ2) is 16.7. The van der Waals surface area contributed by atoms with Gasteiger partial charge in [0, 0.05) is 45.9 Å². The van der Waals surface area contributed by atoms with Gasteiger partial charge in [0.15, 0.2) is 8.32 Å². The highest BCUT2D eigenvalue weighted by atomic mass is 28.4. The van der Waals surface area contributed by atoms with E-state index in [-0.39, 0.29) is 0 Å². The van der Waals surface area contributed by atoms with Gasteiger partial charge in [-0.05, 0) is 65.0 Å². The maximum atomic E-state index is 5.93. The topological polar surface area (TPSA) is 19.0 Å². The molecule has 4 nitrogen and oxygen atoms in total. The molecule has 174 valence electrons. The monoisotopic (exact) mass is 427 g/mol. The fourth-order valence-electron chi connectivity index (χ4n) is 4.54. The van der Waals surface area contributed by atoms with Gasteiger partial charge in [-0.3, -0.25) is 4.90 Å². The quantitative estimate of drug-likeness (QED) is 0.218. The summed E-state index contributed by atoms with van der Waals surface area (Å²) in [6.07, 6.45) is 11.0. The lowest BCUT2D eigenvalue weighted by Gasteiger charge is -2.35. The molecule has 0 spiro atoms. The zero-order valence-electron chi connectivity index (χ0n) is 20.7. The van der Waals surface area contributed by atoms with E-state index in [1.165, 1.54) is 116 Å². The lowest BCUT2D eigenvalue weighted by molar-refractivity contribution is 0.117. The Morgan fingerprint density at radius 3 is 1.76 bits per heavy atom. The maximum Gasteiger partial charge on any atom is 0.186 e. The molecular formula is C24H53N3OSi. The molecule has 0 unspecified atom stereocenters. The van der Waals surface area contributed by atoms with Gasteiger partial charge in [-0.25, -0.2) is 0 Å². The predicted molar refractivity (Wildman–Crippen MR) is 132 cm³/mol. The van der Waals surface area contributed by atoms with Crippen LogP contribution in [0.15, 0.2) is 0 Å². The standard InChI is InChI=1S/C24H53N3OSi/c1-6-15-25(16-7-2)18-21-27-22-19-26(20-23-27)17-13-11-9-10-12-14-24-29(4,5)28-8-3/h6-24H2,1-5H3. The summed E-state index contributed by atoms with van der Waals surface area (Å²) in [5.41, 5.74) is 0. The minimum absolute atomic E-state index is 0.893. The number of nitrogens with zero attached hydrogens (tertiary/aromatic N) is 3. The number of piperazine rings is 1. The van der Waals surface area contributed by atoms with E-state index >= 15 is 0 Å². The normalized spacial score (nSPS) is 16.8. The first-order chi connectivity index (χ1) is 14.0. The van der Waals surface area contributed by atoms with Crippen LogP contribution in [-0.4, -0.2) is 88.5 Å². The first-order valence-corrected chi connectivity index (χ1v) is 15.9. The second-order valence-electron chi connectivity index (χ2n) is 9.59. The Balaban J connectivity index is 1.98. The molecule has 0 radical (unpaired) electrons. The lowest BCUT2D eigenvalue weighted by atomic mass is 10.1. The highest BCUT2D eigenvalue weighted by Crippen LogP contribution is 2.17. The summed E-state index contributed by atoms with van der Waals surface area (Å²) in [6, 6.07) is 1.33. The van der Waals surface area contributed by atoms with Crippen LogP contribution in [0.5, 0.6) is 0 Å². The van der Waals surface area contributed by atoms with Crippen LogP contribution < -0.4 is 0 Å². The van der Waals surface area contributed by atoms with Crippen molar-refractivity contribution in [2.75, 3.05) is 65.5 Å².